The Labute approximate surface area is 183 Å². The number of aromatic nitrogens is 1. The van der Waals surface area contributed by atoms with Crippen LogP contribution in [0.1, 0.15) is 39.2 Å². The molecule has 3 heteroatoms. The van der Waals surface area contributed by atoms with Crippen molar-refractivity contribution < 1.29 is 0 Å². The quantitative estimate of drug-likeness (QED) is 0.402. The van der Waals surface area contributed by atoms with Gasteiger partial charge in [-0.05, 0) is 60.4 Å². The molecule has 1 aromatic heterocycles. The van der Waals surface area contributed by atoms with Crippen molar-refractivity contribution in [3.05, 3.63) is 118 Å². The molecule has 0 bridgehead atoms. The molecule has 0 N–H and O–H groups in total. The Balaban J connectivity index is 1.82. The third-order valence-corrected chi connectivity index (χ3v) is 5.84. The highest BCUT2D eigenvalue weighted by Crippen LogP contribution is 2.34. The van der Waals surface area contributed by atoms with Crippen molar-refractivity contribution >= 4 is 0 Å². The maximum atomic E-state index is 9.15. The van der Waals surface area contributed by atoms with Crippen LogP contribution in [0.15, 0.2) is 78.9 Å². The molecular formula is C28H23N3. The molecule has 150 valence electrons. The fourth-order valence-corrected chi connectivity index (χ4v) is 4.19. The molecule has 4 aromatic rings. The van der Waals surface area contributed by atoms with Crippen LogP contribution in [0, 0.1) is 36.5 Å². The molecule has 0 amide bonds. The zero-order valence-electron chi connectivity index (χ0n) is 17.8. The SMILES string of the molecule is Cc1c(-c2ccc(C#N)cc2)c(C)n(Cc2ccc(C#N)cc2)c1Cc1ccccc1. The van der Waals surface area contributed by atoms with E-state index < -0.39 is 0 Å². The number of rotatable bonds is 5. The predicted octanol–water partition coefficient (Wildman–Crippen LogP) is 6.15. The number of benzene rings is 3. The topological polar surface area (TPSA) is 52.5 Å². The van der Waals surface area contributed by atoms with Crippen LogP contribution in [0.4, 0.5) is 0 Å². The molecule has 31 heavy (non-hydrogen) atoms. The number of nitrogens with zero attached hydrogens (tertiary/aromatic N) is 3. The fourth-order valence-electron chi connectivity index (χ4n) is 4.19. The van der Waals surface area contributed by atoms with Crippen LogP contribution in [0.2, 0.25) is 0 Å². The van der Waals surface area contributed by atoms with Gasteiger partial charge in [0.15, 0.2) is 0 Å². The summed E-state index contributed by atoms with van der Waals surface area (Å²) < 4.78 is 2.39. The van der Waals surface area contributed by atoms with Gasteiger partial charge in [0.1, 0.15) is 0 Å². The van der Waals surface area contributed by atoms with Crippen LogP contribution < -0.4 is 0 Å². The van der Waals surface area contributed by atoms with Crippen LogP contribution >= 0.6 is 0 Å². The maximum Gasteiger partial charge on any atom is 0.0991 e. The van der Waals surface area contributed by atoms with E-state index in [1.54, 1.807) is 0 Å². The summed E-state index contributed by atoms with van der Waals surface area (Å²) in [4.78, 5) is 0. The van der Waals surface area contributed by atoms with Gasteiger partial charge in [-0.15, -0.1) is 0 Å². The van der Waals surface area contributed by atoms with Crippen molar-refractivity contribution in [1.82, 2.24) is 4.57 Å². The van der Waals surface area contributed by atoms with Gasteiger partial charge in [-0.2, -0.15) is 10.5 Å². The summed E-state index contributed by atoms with van der Waals surface area (Å²) in [5, 5.41) is 18.2. The number of hydrogen-bond acceptors (Lipinski definition) is 2. The second kappa shape index (κ2) is 8.74. The van der Waals surface area contributed by atoms with Gasteiger partial charge in [-0.1, -0.05) is 54.6 Å². The molecule has 1 heterocycles. The first-order valence-corrected chi connectivity index (χ1v) is 10.3. The van der Waals surface area contributed by atoms with Crippen LogP contribution in [0.3, 0.4) is 0 Å². The van der Waals surface area contributed by atoms with E-state index in [1.165, 1.54) is 28.1 Å². The van der Waals surface area contributed by atoms with Crippen LogP contribution in [0.5, 0.6) is 0 Å². The van der Waals surface area contributed by atoms with E-state index in [-0.39, 0.29) is 0 Å². The summed E-state index contributed by atoms with van der Waals surface area (Å²) >= 11 is 0. The first-order chi connectivity index (χ1) is 15.1. The predicted molar refractivity (Wildman–Crippen MR) is 124 cm³/mol. The van der Waals surface area contributed by atoms with Crippen LogP contribution in [0.25, 0.3) is 11.1 Å². The van der Waals surface area contributed by atoms with E-state index in [1.807, 2.05) is 54.6 Å². The highest BCUT2D eigenvalue weighted by Gasteiger charge is 2.19. The average molecular weight is 402 g/mol. The van der Waals surface area contributed by atoms with Gasteiger partial charge >= 0.3 is 0 Å². The molecule has 0 aliphatic carbocycles. The van der Waals surface area contributed by atoms with Gasteiger partial charge in [0.2, 0.25) is 0 Å². The molecule has 0 saturated heterocycles. The molecule has 3 aromatic carbocycles. The van der Waals surface area contributed by atoms with E-state index in [0.29, 0.717) is 11.1 Å². The largest absolute Gasteiger partial charge is 0.343 e. The first kappa shape index (κ1) is 20.2. The Hall–Kier alpha value is -4.08. The summed E-state index contributed by atoms with van der Waals surface area (Å²) in [6.45, 7) is 5.10. The smallest absolute Gasteiger partial charge is 0.0991 e. The first-order valence-electron chi connectivity index (χ1n) is 10.3. The second-order valence-electron chi connectivity index (χ2n) is 7.78. The third kappa shape index (κ3) is 4.13. The highest BCUT2D eigenvalue weighted by molar-refractivity contribution is 5.72. The molecule has 3 nitrogen and oxygen atoms in total. The Morgan fingerprint density at radius 1 is 0.710 bits per heavy atom. The minimum atomic E-state index is 0.667. The lowest BCUT2D eigenvalue weighted by Crippen LogP contribution is -2.07. The fraction of sp³-hybridized carbons (Fsp3) is 0.143. The Bertz CT molecular complexity index is 1280. The van der Waals surface area contributed by atoms with Gasteiger partial charge in [-0.25, -0.2) is 0 Å². The Morgan fingerprint density at radius 3 is 1.87 bits per heavy atom. The van der Waals surface area contributed by atoms with E-state index in [2.05, 4.69) is 54.8 Å². The lowest BCUT2D eigenvalue weighted by Gasteiger charge is -2.13. The molecule has 0 aliphatic heterocycles. The maximum absolute atomic E-state index is 9.15. The summed E-state index contributed by atoms with van der Waals surface area (Å²) in [6.07, 6.45) is 0.847. The molecule has 0 aliphatic rings. The lowest BCUT2D eigenvalue weighted by atomic mass is 9.98. The average Bonchev–Trinajstić information content (AvgIpc) is 3.04. The van der Waals surface area contributed by atoms with Crippen molar-refractivity contribution in [2.75, 3.05) is 0 Å². The number of hydrogen-bond donors (Lipinski definition) is 0. The highest BCUT2D eigenvalue weighted by atomic mass is 15.0. The standard InChI is InChI=1S/C28H23N3/c1-20-27(16-22-6-4-3-5-7-22)31(19-25-10-8-23(17-29)9-11-25)21(2)28(20)26-14-12-24(18-30)13-15-26/h3-15H,16,19H2,1-2H3. The van der Waals surface area contributed by atoms with Gasteiger partial charge in [0.25, 0.3) is 0 Å². The molecule has 0 atom stereocenters. The van der Waals surface area contributed by atoms with E-state index in [4.69, 9.17) is 10.5 Å². The van der Waals surface area contributed by atoms with Crippen molar-refractivity contribution in [2.45, 2.75) is 26.8 Å². The normalized spacial score (nSPS) is 10.5. The van der Waals surface area contributed by atoms with Crippen molar-refractivity contribution in [3.63, 3.8) is 0 Å². The van der Waals surface area contributed by atoms with Gasteiger partial charge < -0.3 is 4.57 Å². The minimum Gasteiger partial charge on any atom is -0.343 e. The zero-order valence-corrected chi connectivity index (χ0v) is 17.8. The number of nitriles is 2. The molecule has 4 rings (SSSR count). The summed E-state index contributed by atoms with van der Waals surface area (Å²) in [5.74, 6) is 0. The van der Waals surface area contributed by atoms with Crippen molar-refractivity contribution in [1.29, 1.82) is 10.5 Å². The molecular weight excluding hydrogens is 378 g/mol. The molecule has 0 spiro atoms. The molecule has 0 radical (unpaired) electrons. The summed E-state index contributed by atoms with van der Waals surface area (Å²) in [5.41, 5.74) is 9.89. The Morgan fingerprint density at radius 2 is 1.29 bits per heavy atom. The van der Waals surface area contributed by atoms with Crippen molar-refractivity contribution in [2.24, 2.45) is 0 Å². The molecule has 0 fully saturated rings. The minimum absolute atomic E-state index is 0.667. The van der Waals surface area contributed by atoms with Crippen molar-refractivity contribution in [3.8, 4) is 23.3 Å². The lowest BCUT2D eigenvalue weighted by molar-refractivity contribution is 0.731. The third-order valence-electron chi connectivity index (χ3n) is 5.84. The monoisotopic (exact) mass is 401 g/mol. The Kier molecular flexibility index (Phi) is 5.69. The summed E-state index contributed by atoms with van der Waals surface area (Å²) in [7, 11) is 0. The van der Waals surface area contributed by atoms with Crippen LogP contribution in [-0.2, 0) is 13.0 Å². The van der Waals surface area contributed by atoms with Gasteiger partial charge in [0, 0.05) is 29.9 Å². The van der Waals surface area contributed by atoms with E-state index >= 15 is 0 Å². The van der Waals surface area contributed by atoms with Gasteiger partial charge in [0.05, 0.1) is 23.3 Å². The van der Waals surface area contributed by atoms with E-state index in [9.17, 15) is 0 Å². The van der Waals surface area contributed by atoms with Gasteiger partial charge in [-0.3, -0.25) is 0 Å². The molecule has 0 unspecified atom stereocenters. The van der Waals surface area contributed by atoms with Crippen LogP contribution in [-0.4, -0.2) is 4.57 Å². The summed E-state index contributed by atoms with van der Waals surface area (Å²) in [6, 6.07) is 30.5. The molecule has 0 saturated carbocycles. The second-order valence-corrected chi connectivity index (χ2v) is 7.78. The van der Waals surface area contributed by atoms with E-state index in [0.717, 1.165) is 24.1 Å². The zero-order chi connectivity index (χ0) is 21.8.